The third-order valence-electron chi connectivity index (χ3n) is 5.42. The van der Waals surface area contributed by atoms with Crippen LogP contribution in [0.1, 0.15) is 59.9 Å². The van der Waals surface area contributed by atoms with Gasteiger partial charge in [-0.3, -0.25) is 14.3 Å². The lowest BCUT2D eigenvalue weighted by Crippen LogP contribution is -2.31. The fraction of sp³-hybridized carbons (Fsp3) is 0.476. The lowest BCUT2D eigenvalue weighted by molar-refractivity contribution is -0.141. The molecular formula is C21H27N3O3. The molecule has 6 nitrogen and oxygen atoms in total. The number of carbonyl (C=O) groups excluding carboxylic acids is 1. The minimum absolute atomic E-state index is 0.140. The average molecular weight is 369 g/mol. The normalized spacial score (nSPS) is 19.7. The van der Waals surface area contributed by atoms with E-state index in [-0.39, 0.29) is 24.3 Å². The van der Waals surface area contributed by atoms with Crippen LogP contribution >= 0.6 is 0 Å². The third-order valence-corrected chi connectivity index (χ3v) is 5.42. The van der Waals surface area contributed by atoms with Gasteiger partial charge in [-0.15, -0.1) is 0 Å². The number of aliphatic carboxylic acids is 1. The second-order valence-electron chi connectivity index (χ2n) is 7.54. The molecule has 1 aliphatic heterocycles. The highest BCUT2D eigenvalue weighted by Gasteiger charge is 2.41. The quantitative estimate of drug-likeness (QED) is 0.878. The number of benzene rings is 1. The summed E-state index contributed by atoms with van der Waals surface area (Å²) in [5.41, 5.74) is 3.48. The number of nitrogens with zero attached hydrogens (tertiary/aromatic N) is 3. The first-order valence-corrected chi connectivity index (χ1v) is 9.48. The molecule has 1 fully saturated rings. The van der Waals surface area contributed by atoms with Gasteiger partial charge in [0.25, 0.3) is 5.91 Å². The highest BCUT2D eigenvalue weighted by molar-refractivity contribution is 5.93. The smallest absolute Gasteiger partial charge is 0.308 e. The highest BCUT2D eigenvalue weighted by atomic mass is 16.4. The van der Waals surface area contributed by atoms with Gasteiger partial charge < -0.3 is 10.0 Å². The van der Waals surface area contributed by atoms with Crippen molar-refractivity contribution in [3.05, 3.63) is 52.8 Å². The van der Waals surface area contributed by atoms with E-state index in [2.05, 4.69) is 5.10 Å². The highest BCUT2D eigenvalue weighted by Crippen LogP contribution is 2.35. The van der Waals surface area contributed by atoms with Gasteiger partial charge in [0, 0.05) is 25.6 Å². The summed E-state index contributed by atoms with van der Waals surface area (Å²) in [6.45, 7) is 9.26. The summed E-state index contributed by atoms with van der Waals surface area (Å²) in [5.74, 6) is -1.56. The molecule has 0 saturated carbocycles. The van der Waals surface area contributed by atoms with Crippen molar-refractivity contribution < 1.29 is 14.7 Å². The Bertz CT molecular complexity index is 856. The number of aromatic nitrogens is 2. The first kappa shape index (κ1) is 19.1. The molecule has 1 saturated heterocycles. The standard InChI is InChI=1S/C21H27N3O3/c1-5-24-19(10-18(22-24)13(2)3)20(25)23-11-16(17(12-23)21(26)27)15-9-7-6-8-14(15)4/h6-10,13,16-17H,5,11-12H2,1-4H3,(H,26,27)/t16-,17+/m0/s1. The van der Waals surface area contributed by atoms with Crippen molar-refractivity contribution in [3.63, 3.8) is 0 Å². The van der Waals surface area contributed by atoms with Crippen molar-refractivity contribution in [2.24, 2.45) is 5.92 Å². The number of hydrogen-bond donors (Lipinski definition) is 1. The molecule has 27 heavy (non-hydrogen) atoms. The topological polar surface area (TPSA) is 75.4 Å². The van der Waals surface area contributed by atoms with E-state index in [9.17, 15) is 14.7 Å². The molecule has 144 valence electrons. The summed E-state index contributed by atoms with van der Waals surface area (Å²) in [7, 11) is 0. The van der Waals surface area contributed by atoms with Gasteiger partial charge in [-0.05, 0) is 37.0 Å². The SMILES string of the molecule is CCn1nc(C(C)C)cc1C(=O)N1C[C@@H](C(=O)O)[C@H](c2ccccc2C)C1. The molecule has 1 amide bonds. The van der Waals surface area contributed by atoms with Gasteiger partial charge in [0.1, 0.15) is 5.69 Å². The number of carbonyl (C=O) groups is 2. The summed E-state index contributed by atoms with van der Waals surface area (Å²) in [5, 5.41) is 14.2. The Hall–Kier alpha value is -2.63. The van der Waals surface area contributed by atoms with Crippen molar-refractivity contribution in [2.45, 2.75) is 46.1 Å². The van der Waals surface area contributed by atoms with E-state index in [4.69, 9.17) is 0 Å². The molecule has 1 aliphatic rings. The Balaban J connectivity index is 1.91. The molecule has 0 unspecified atom stereocenters. The number of aryl methyl sites for hydroxylation is 2. The van der Waals surface area contributed by atoms with E-state index in [1.165, 1.54) is 0 Å². The predicted molar refractivity (Wildman–Crippen MR) is 103 cm³/mol. The van der Waals surface area contributed by atoms with Crippen molar-refractivity contribution in [2.75, 3.05) is 13.1 Å². The molecule has 3 rings (SSSR count). The van der Waals surface area contributed by atoms with Gasteiger partial charge in [-0.2, -0.15) is 5.10 Å². The van der Waals surface area contributed by atoms with Crippen LogP contribution in [0.3, 0.4) is 0 Å². The van der Waals surface area contributed by atoms with Crippen LogP contribution in [0, 0.1) is 12.8 Å². The van der Waals surface area contributed by atoms with Gasteiger partial charge in [-0.25, -0.2) is 0 Å². The van der Waals surface area contributed by atoms with Crippen LogP contribution in [0.2, 0.25) is 0 Å². The summed E-state index contributed by atoms with van der Waals surface area (Å²) >= 11 is 0. The van der Waals surface area contributed by atoms with Crippen LogP contribution in [0.5, 0.6) is 0 Å². The second kappa shape index (κ2) is 7.55. The Morgan fingerprint density at radius 3 is 2.56 bits per heavy atom. The van der Waals surface area contributed by atoms with Crippen LogP contribution in [0.15, 0.2) is 30.3 Å². The maximum atomic E-state index is 13.2. The van der Waals surface area contributed by atoms with E-state index in [0.717, 1.165) is 16.8 Å². The third kappa shape index (κ3) is 3.61. The second-order valence-corrected chi connectivity index (χ2v) is 7.54. The summed E-state index contributed by atoms with van der Waals surface area (Å²) in [4.78, 5) is 26.7. The molecule has 1 N–H and O–H groups in total. The van der Waals surface area contributed by atoms with Gasteiger partial charge >= 0.3 is 5.97 Å². The predicted octanol–water partition coefficient (Wildman–Crippen LogP) is 3.28. The first-order valence-electron chi connectivity index (χ1n) is 9.48. The molecule has 2 heterocycles. The molecule has 0 bridgehead atoms. The van der Waals surface area contributed by atoms with E-state index in [1.54, 1.807) is 9.58 Å². The molecule has 0 radical (unpaired) electrons. The lowest BCUT2D eigenvalue weighted by atomic mass is 9.86. The maximum absolute atomic E-state index is 13.2. The number of rotatable bonds is 5. The minimum Gasteiger partial charge on any atom is -0.481 e. The molecule has 2 aromatic rings. The van der Waals surface area contributed by atoms with Gasteiger partial charge in [0.2, 0.25) is 0 Å². The number of carboxylic acid groups (broad SMARTS) is 1. The zero-order valence-corrected chi connectivity index (χ0v) is 16.3. The fourth-order valence-corrected chi connectivity index (χ4v) is 3.83. The lowest BCUT2D eigenvalue weighted by Gasteiger charge is -2.18. The van der Waals surface area contributed by atoms with Gasteiger partial charge in [0.05, 0.1) is 11.6 Å². The summed E-state index contributed by atoms with van der Waals surface area (Å²) < 4.78 is 1.72. The first-order chi connectivity index (χ1) is 12.8. The maximum Gasteiger partial charge on any atom is 0.308 e. The average Bonchev–Trinajstić information content (AvgIpc) is 3.26. The molecule has 2 atom stereocenters. The number of hydrogen-bond acceptors (Lipinski definition) is 3. The Labute approximate surface area is 159 Å². The van der Waals surface area contributed by atoms with Crippen LogP contribution in [-0.2, 0) is 11.3 Å². The van der Waals surface area contributed by atoms with Gasteiger partial charge in [-0.1, -0.05) is 38.1 Å². The van der Waals surface area contributed by atoms with Crippen LogP contribution in [0.4, 0.5) is 0 Å². The van der Waals surface area contributed by atoms with Gasteiger partial charge in [0.15, 0.2) is 0 Å². The van der Waals surface area contributed by atoms with Crippen molar-refractivity contribution >= 4 is 11.9 Å². The largest absolute Gasteiger partial charge is 0.481 e. The van der Waals surface area contributed by atoms with Crippen molar-refractivity contribution in [1.29, 1.82) is 0 Å². The van der Waals surface area contributed by atoms with E-state index >= 15 is 0 Å². The molecule has 6 heteroatoms. The monoisotopic (exact) mass is 369 g/mol. The number of likely N-dealkylation sites (tertiary alicyclic amines) is 1. The molecule has 0 spiro atoms. The Morgan fingerprint density at radius 1 is 1.26 bits per heavy atom. The zero-order chi connectivity index (χ0) is 19.7. The Morgan fingerprint density at radius 2 is 1.96 bits per heavy atom. The summed E-state index contributed by atoms with van der Waals surface area (Å²) in [6.07, 6.45) is 0. The fourth-order valence-electron chi connectivity index (χ4n) is 3.83. The Kier molecular flexibility index (Phi) is 5.35. The van der Waals surface area contributed by atoms with E-state index in [0.29, 0.717) is 18.8 Å². The van der Waals surface area contributed by atoms with Crippen LogP contribution in [0.25, 0.3) is 0 Å². The number of amides is 1. The van der Waals surface area contributed by atoms with Crippen LogP contribution in [-0.4, -0.2) is 44.8 Å². The zero-order valence-electron chi connectivity index (χ0n) is 16.3. The number of carboxylic acids is 1. The van der Waals surface area contributed by atoms with Crippen LogP contribution < -0.4 is 0 Å². The molecule has 0 aliphatic carbocycles. The summed E-state index contributed by atoms with van der Waals surface area (Å²) in [6, 6.07) is 9.66. The minimum atomic E-state index is -0.856. The van der Waals surface area contributed by atoms with Crippen molar-refractivity contribution in [1.82, 2.24) is 14.7 Å². The van der Waals surface area contributed by atoms with E-state index in [1.807, 2.05) is 58.0 Å². The molecular weight excluding hydrogens is 342 g/mol. The molecule has 1 aromatic heterocycles. The van der Waals surface area contributed by atoms with Crippen molar-refractivity contribution in [3.8, 4) is 0 Å². The molecule has 1 aromatic carbocycles. The van der Waals surface area contributed by atoms with E-state index < -0.39 is 11.9 Å².